The average molecular weight is 298 g/mol. The van der Waals surface area contributed by atoms with E-state index >= 15 is 0 Å². The average Bonchev–Trinajstić information content (AvgIpc) is 2.57. The molecule has 1 N–H and O–H groups in total. The van der Waals surface area contributed by atoms with Crippen LogP contribution in [0.4, 0.5) is 0 Å². The van der Waals surface area contributed by atoms with E-state index in [0.29, 0.717) is 0 Å². The first kappa shape index (κ1) is 15.4. The fourth-order valence-corrected chi connectivity index (χ4v) is 3.48. The minimum atomic E-state index is 0.755. The van der Waals surface area contributed by atoms with E-state index in [-0.39, 0.29) is 0 Å². The highest BCUT2D eigenvalue weighted by atomic mass is 16.5. The lowest BCUT2D eigenvalue weighted by Crippen LogP contribution is -2.21. The fraction of sp³-hybridized carbons (Fsp3) is 0.526. The van der Waals surface area contributed by atoms with E-state index in [1.807, 2.05) is 0 Å². The number of aromatic nitrogens is 1. The number of hydrogen-bond donors (Lipinski definition) is 1. The molecular weight excluding hydrogens is 272 g/mol. The predicted molar refractivity (Wildman–Crippen MR) is 91.3 cm³/mol. The smallest absolute Gasteiger partial charge is 0.0740 e. The Morgan fingerprint density at radius 3 is 2.91 bits per heavy atom. The summed E-state index contributed by atoms with van der Waals surface area (Å²) in [5, 5.41) is 4.87. The van der Waals surface area contributed by atoms with E-state index in [1.54, 1.807) is 7.11 Å². The van der Waals surface area contributed by atoms with E-state index in [0.717, 1.165) is 32.5 Å². The molecule has 0 amide bonds. The largest absolute Gasteiger partial charge is 0.383 e. The maximum atomic E-state index is 5.14. The van der Waals surface area contributed by atoms with Crippen LogP contribution in [-0.2, 0) is 30.5 Å². The summed E-state index contributed by atoms with van der Waals surface area (Å²) in [5.41, 5.74) is 6.88. The number of methoxy groups -OCH3 is 1. The summed E-state index contributed by atoms with van der Waals surface area (Å²) < 4.78 is 5.14. The van der Waals surface area contributed by atoms with Crippen molar-refractivity contribution in [2.75, 3.05) is 20.3 Å². The quantitative estimate of drug-likeness (QED) is 0.830. The van der Waals surface area contributed by atoms with Gasteiger partial charge >= 0.3 is 0 Å². The number of fused-ring (bicyclic) bond motifs is 2. The lowest BCUT2D eigenvalue weighted by molar-refractivity contribution is 0.199. The Labute approximate surface area is 133 Å². The van der Waals surface area contributed by atoms with Gasteiger partial charge in [0.05, 0.1) is 12.1 Å². The van der Waals surface area contributed by atoms with Gasteiger partial charge in [-0.2, -0.15) is 0 Å². The second kappa shape index (κ2) is 7.21. The minimum Gasteiger partial charge on any atom is -0.383 e. The molecule has 1 heterocycles. The normalized spacial score (nSPS) is 14.3. The molecule has 0 radical (unpaired) electrons. The predicted octanol–water partition coefficient (Wildman–Crippen LogP) is 3.41. The SMILES string of the molecule is CCc1cccc2c(CNCCOC)c3c(nc12)CCCC3. The van der Waals surface area contributed by atoms with Gasteiger partial charge in [0, 0.05) is 31.3 Å². The highest BCUT2D eigenvalue weighted by Gasteiger charge is 2.18. The van der Waals surface area contributed by atoms with Crippen LogP contribution in [0, 0.1) is 0 Å². The molecule has 0 atom stereocenters. The molecule has 3 heteroatoms. The van der Waals surface area contributed by atoms with Crippen LogP contribution in [0.1, 0.15) is 42.1 Å². The van der Waals surface area contributed by atoms with Gasteiger partial charge in [0.2, 0.25) is 0 Å². The van der Waals surface area contributed by atoms with Crippen LogP contribution < -0.4 is 5.32 Å². The maximum absolute atomic E-state index is 5.14. The Hall–Kier alpha value is -1.45. The number of hydrogen-bond acceptors (Lipinski definition) is 3. The van der Waals surface area contributed by atoms with E-state index < -0.39 is 0 Å². The van der Waals surface area contributed by atoms with Crippen LogP contribution >= 0.6 is 0 Å². The Morgan fingerprint density at radius 1 is 1.23 bits per heavy atom. The second-order valence-corrected chi connectivity index (χ2v) is 6.06. The van der Waals surface area contributed by atoms with Crippen LogP contribution in [0.2, 0.25) is 0 Å². The molecule has 0 spiro atoms. The van der Waals surface area contributed by atoms with Gasteiger partial charge in [-0.1, -0.05) is 25.1 Å². The van der Waals surface area contributed by atoms with Gasteiger partial charge in [0.15, 0.2) is 0 Å². The standard InChI is InChI=1S/C19H26N2O/c1-3-14-7-6-9-16-17(13-20-11-12-22-2)15-8-4-5-10-18(15)21-19(14)16/h6-7,9,20H,3-5,8,10-13H2,1-2H3. The zero-order chi connectivity index (χ0) is 15.4. The molecular formula is C19H26N2O. The van der Waals surface area contributed by atoms with Crippen LogP contribution in [0.25, 0.3) is 10.9 Å². The number of aryl methyl sites for hydroxylation is 2. The summed E-state index contributed by atoms with van der Waals surface area (Å²) in [6.45, 7) is 4.78. The van der Waals surface area contributed by atoms with Crippen LogP contribution in [0.15, 0.2) is 18.2 Å². The van der Waals surface area contributed by atoms with E-state index in [2.05, 4.69) is 30.4 Å². The van der Waals surface area contributed by atoms with Crippen LogP contribution in [-0.4, -0.2) is 25.2 Å². The molecule has 22 heavy (non-hydrogen) atoms. The van der Waals surface area contributed by atoms with Gasteiger partial charge < -0.3 is 10.1 Å². The molecule has 0 aliphatic heterocycles. The molecule has 0 fully saturated rings. The van der Waals surface area contributed by atoms with Crippen LogP contribution in [0.3, 0.4) is 0 Å². The van der Waals surface area contributed by atoms with E-state index in [9.17, 15) is 0 Å². The Kier molecular flexibility index (Phi) is 5.06. The summed E-state index contributed by atoms with van der Waals surface area (Å²) in [6.07, 6.45) is 5.92. The van der Waals surface area contributed by atoms with Gasteiger partial charge in [-0.05, 0) is 48.8 Å². The van der Waals surface area contributed by atoms with Crippen molar-refractivity contribution in [3.8, 4) is 0 Å². The van der Waals surface area contributed by atoms with Gasteiger partial charge in [0.25, 0.3) is 0 Å². The Morgan fingerprint density at radius 2 is 2.09 bits per heavy atom. The summed E-state index contributed by atoms with van der Waals surface area (Å²) in [5.74, 6) is 0. The van der Waals surface area contributed by atoms with Crippen molar-refractivity contribution in [3.63, 3.8) is 0 Å². The molecule has 1 aromatic carbocycles. The van der Waals surface area contributed by atoms with Crippen molar-refractivity contribution in [2.45, 2.75) is 45.6 Å². The van der Waals surface area contributed by atoms with Crippen molar-refractivity contribution < 1.29 is 4.74 Å². The zero-order valence-electron chi connectivity index (χ0n) is 13.7. The van der Waals surface area contributed by atoms with Crippen LogP contribution in [0.5, 0.6) is 0 Å². The molecule has 0 bridgehead atoms. The van der Waals surface area contributed by atoms with Gasteiger partial charge in [-0.25, -0.2) is 0 Å². The molecule has 0 saturated heterocycles. The first-order chi connectivity index (χ1) is 10.8. The number of ether oxygens (including phenoxy) is 1. The first-order valence-corrected chi connectivity index (χ1v) is 8.47. The van der Waals surface area contributed by atoms with Crippen molar-refractivity contribution >= 4 is 10.9 Å². The van der Waals surface area contributed by atoms with Crippen molar-refractivity contribution in [1.82, 2.24) is 10.3 Å². The molecule has 3 nitrogen and oxygen atoms in total. The molecule has 1 aliphatic carbocycles. The molecule has 1 aliphatic rings. The summed E-state index contributed by atoms with van der Waals surface area (Å²) in [7, 11) is 1.75. The number of rotatable bonds is 6. The first-order valence-electron chi connectivity index (χ1n) is 8.47. The van der Waals surface area contributed by atoms with Crippen molar-refractivity contribution in [1.29, 1.82) is 0 Å². The Balaban J connectivity index is 2.05. The second-order valence-electron chi connectivity index (χ2n) is 6.06. The van der Waals surface area contributed by atoms with Gasteiger partial charge in [0.1, 0.15) is 0 Å². The molecule has 1 aromatic heterocycles. The van der Waals surface area contributed by atoms with Crippen molar-refractivity contribution in [3.05, 3.63) is 40.6 Å². The minimum absolute atomic E-state index is 0.755. The van der Waals surface area contributed by atoms with Gasteiger partial charge in [-0.15, -0.1) is 0 Å². The highest BCUT2D eigenvalue weighted by Crippen LogP contribution is 2.30. The monoisotopic (exact) mass is 298 g/mol. The number of para-hydroxylation sites is 1. The molecule has 0 saturated carbocycles. The maximum Gasteiger partial charge on any atom is 0.0740 e. The van der Waals surface area contributed by atoms with E-state index in [1.165, 1.54) is 52.5 Å². The molecule has 0 unspecified atom stereocenters. The summed E-state index contributed by atoms with van der Waals surface area (Å²) in [4.78, 5) is 5.04. The Bertz CT molecular complexity index is 651. The summed E-state index contributed by atoms with van der Waals surface area (Å²) in [6, 6.07) is 6.63. The third-order valence-corrected chi connectivity index (χ3v) is 4.66. The number of nitrogens with zero attached hydrogens (tertiary/aromatic N) is 1. The number of nitrogens with one attached hydrogen (secondary N) is 1. The zero-order valence-corrected chi connectivity index (χ0v) is 13.7. The van der Waals surface area contributed by atoms with Crippen molar-refractivity contribution in [2.24, 2.45) is 0 Å². The fourth-order valence-electron chi connectivity index (χ4n) is 3.48. The summed E-state index contributed by atoms with van der Waals surface area (Å²) >= 11 is 0. The van der Waals surface area contributed by atoms with E-state index in [4.69, 9.17) is 9.72 Å². The topological polar surface area (TPSA) is 34.1 Å². The number of pyridine rings is 1. The number of benzene rings is 1. The van der Waals surface area contributed by atoms with Gasteiger partial charge in [-0.3, -0.25) is 4.98 Å². The highest BCUT2D eigenvalue weighted by molar-refractivity contribution is 5.86. The third kappa shape index (κ3) is 3.01. The molecule has 3 rings (SSSR count). The third-order valence-electron chi connectivity index (χ3n) is 4.66. The lowest BCUT2D eigenvalue weighted by atomic mass is 9.89. The molecule has 118 valence electrons. The molecule has 2 aromatic rings. The lowest BCUT2D eigenvalue weighted by Gasteiger charge is -2.22.